The van der Waals surface area contributed by atoms with Gasteiger partial charge in [-0.1, -0.05) is 13.8 Å². The smallest absolute Gasteiger partial charge is 0.323 e. The third kappa shape index (κ3) is 4.70. The summed E-state index contributed by atoms with van der Waals surface area (Å²) >= 11 is 0. The molecule has 1 aromatic rings. The summed E-state index contributed by atoms with van der Waals surface area (Å²) in [7, 11) is 1.53. The summed E-state index contributed by atoms with van der Waals surface area (Å²) in [6.45, 7) is 4.30. The minimum absolute atomic E-state index is 0.0572. The van der Waals surface area contributed by atoms with Crippen LogP contribution in [0.4, 0.5) is 5.82 Å². The highest BCUT2D eigenvalue weighted by Gasteiger charge is 2.14. The molecule has 0 radical (unpaired) electrons. The first-order chi connectivity index (χ1) is 8.93. The lowest BCUT2D eigenvalue weighted by Gasteiger charge is -2.21. The van der Waals surface area contributed by atoms with Crippen LogP contribution in [0.5, 0.6) is 0 Å². The molecule has 0 unspecified atom stereocenters. The lowest BCUT2D eigenvalue weighted by molar-refractivity contribution is -0.135. The minimum atomic E-state index is -0.982. The van der Waals surface area contributed by atoms with E-state index in [9.17, 15) is 9.59 Å². The number of rotatable bonds is 7. The molecule has 0 aliphatic heterocycles. The highest BCUT2D eigenvalue weighted by molar-refractivity contribution is 5.73. The molecule has 0 aromatic carbocycles. The first-order valence-corrected chi connectivity index (χ1v) is 6.01. The molecule has 0 aliphatic carbocycles. The summed E-state index contributed by atoms with van der Waals surface area (Å²) in [6.07, 6.45) is 0. The van der Waals surface area contributed by atoms with Gasteiger partial charge in [-0.3, -0.25) is 9.59 Å². The number of anilines is 1. The second-order valence-corrected chi connectivity index (χ2v) is 4.45. The van der Waals surface area contributed by atoms with Crippen LogP contribution in [0.3, 0.4) is 0 Å². The van der Waals surface area contributed by atoms with Crippen molar-refractivity contribution in [3.8, 4) is 0 Å². The minimum Gasteiger partial charge on any atom is -0.480 e. The number of methoxy groups -OCH3 is 1. The number of carboxylic acids is 1. The lowest BCUT2D eigenvalue weighted by atomic mass is 10.2. The molecule has 0 saturated carbocycles. The van der Waals surface area contributed by atoms with Gasteiger partial charge in [0.1, 0.15) is 18.2 Å². The van der Waals surface area contributed by atoms with E-state index in [4.69, 9.17) is 9.84 Å². The zero-order chi connectivity index (χ0) is 14.4. The van der Waals surface area contributed by atoms with Crippen molar-refractivity contribution in [3.63, 3.8) is 0 Å². The van der Waals surface area contributed by atoms with Gasteiger partial charge < -0.3 is 19.7 Å². The first-order valence-electron chi connectivity index (χ1n) is 6.01. The molecule has 0 bridgehead atoms. The average molecular weight is 269 g/mol. The van der Waals surface area contributed by atoms with Crippen LogP contribution in [0.15, 0.2) is 10.9 Å². The Morgan fingerprint density at radius 1 is 1.58 bits per heavy atom. The maximum Gasteiger partial charge on any atom is 0.323 e. The van der Waals surface area contributed by atoms with E-state index in [2.05, 4.69) is 9.97 Å². The van der Waals surface area contributed by atoms with Crippen molar-refractivity contribution in [2.75, 3.05) is 31.7 Å². The Balaban J connectivity index is 3.06. The summed E-state index contributed by atoms with van der Waals surface area (Å²) in [6, 6.07) is 1.30. The van der Waals surface area contributed by atoms with Gasteiger partial charge in [-0.15, -0.1) is 0 Å². The van der Waals surface area contributed by atoms with Gasteiger partial charge in [-0.25, -0.2) is 4.98 Å². The number of nitrogens with one attached hydrogen (secondary N) is 1. The average Bonchev–Trinajstić information content (AvgIpc) is 2.33. The van der Waals surface area contributed by atoms with E-state index in [-0.39, 0.29) is 18.0 Å². The Bertz CT molecular complexity index is 484. The first kappa shape index (κ1) is 15.2. The highest BCUT2D eigenvalue weighted by Crippen LogP contribution is 2.12. The van der Waals surface area contributed by atoms with E-state index >= 15 is 0 Å². The van der Waals surface area contributed by atoms with Gasteiger partial charge in [0.25, 0.3) is 5.56 Å². The number of aromatic amines is 1. The van der Waals surface area contributed by atoms with Crippen LogP contribution in [-0.2, 0) is 9.53 Å². The van der Waals surface area contributed by atoms with Gasteiger partial charge in [0, 0.05) is 25.6 Å². The molecule has 0 amide bonds. The summed E-state index contributed by atoms with van der Waals surface area (Å²) in [5.74, 6) is -0.0340. The maximum absolute atomic E-state index is 11.6. The number of nitrogens with zero attached hydrogens (tertiary/aromatic N) is 2. The predicted octanol–water partition coefficient (Wildman–Crippen LogP) is 0.431. The number of hydrogen-bond acceptors (Lipinski definition) is 5. The van der Waals surface area contributed by atoms with Crippen LogP contribution in [-0.4, -0.2) is 47.8 Å². The van der Waals surface area contributed by atoms with Crippen LogP contribution in [0.1, 0.15) is 25.6 Å². The lowest BCUT2D eigenvalue weighted by Crippen LogP contribution is -2.34. The van der Waals surface area contributed by atoms with E-state index in [0.717, 1.165) is 0 Å². The van der Waals surface area contributed by atoms with Crippen molar-refractivity contribution in [1.29, 1.82) is 0 Å². The molecule has 106 valence electrons. The van der Waals surface area contributed by atoms with Crippen molar-refractivity contribution in [3.05, 3.63) is 22.2 Å². The predicted molar refractivity (Wildman–Crippen MR) is 70.7 cm³/mol. The fraction of sp³-hybridized carbons (Fsp3) is 0.583. The second-order valence-electron chi connectivity index (χ2n) is 4.45. The van der Waals surface area contributed by atoms with Crippen molar-refractivity contribution in [2.45, 2.75) is 19.8 Å². The highest BCUT2D eigenvalue weighted by atomic mass is 16.5. The molecule has 1 rings (SSSR count). The number of ether oxygens (including phenoxy) is 1. The van der Waals surface area contributed by atoms with Gasteiger partial charge in [0.2, 0.25) is 0 Å². The summed E-state index contributed by atoms with van der Waals surface area (Å²) in [4.78, 5) is 30.9. The molecule has 7 nitrogen and oxygen atoms in total. The third-order valence-corrected chi connectivity index (χ3v) is 2.51. The molecule has 1 aromatic heterocycles. The molecule has 0 aliphatic rings. The number of hydrogen-bond donors (Lipinski definition) is 2. The molecule has 0 atom stereocenters. The van der Waals surface area contributed by atoms with Crippen LogP contribution in [0.25, 0.3) is 0 Å². The second kappa shape index (κ2) is 6.89. The van der Waals surface area contributed by atoms with E-state index in [1.54, 1.807) is 0 Å². The zero-order valence-corrected chi connectivity index (χ0v) is 11.3. The molecule has 19 heavy (non-hydrogen) atoms. The van der Waals surface area contributed by atoms with Crippen LogP contribution in [0.2, 0.25) is 0 Å². The Morgan fingerprint density at radius 2 is 2.26 bits per heavy atom. The van der Waals surface area contributed by atoms with Gasteiger partial charge in [0.05, 0.1) is 6.61 Å². The molecule has 1 heterocycles. The molecule has 0 spiro atoms. The van der Waals surface area contributed by atoms with Crippen molar-refractivity contribution >= 4 is 11.8 Å². The Labute approximate surface area is 111 Å². The fourth-order valence-electron chi connectivity index (χ4n) is 1.54. The van der Waals surface area contributed by atoms with Crippen molar-refractivity contribution < 1.29 is 14.6 Å². The SMILES string of the molecule is COCCN(CC(=O)O)c1cc(=O)[nH]c(C(C)C)n1. The summed E-state index contributed by atoms with van der Waals surface area (Å²) in [5.41, 5.74) is -0.290. The normalized spacial score (nSPS) is 10.7. The molecule has 2 N–H and O–H groups in total. The summed E-state index contributed by atoms with van der Waals surface area (Å²) in [5, 5.41) is 8.90. The third-order valence-electron chi connectivity index (χ3n) is 2.51. The van der Waals surface area contributed by atoms with E-state index in [0.29, 0.717) is 24.8 Å². The Kier molecular flexibility index (Phi) is 5.50. The maximum atomic E-state index is 11.6. The van der Waals surface area contributed by atoms with E-state index in [1.807, 2.05) is 13.8 Å². The number of aromatic nitrogens is 2. The molecular formula is C12H19N3O4. The van der Waals surface area contributed by atoms with Crippen molar-refractivity contribution in [1.82, 2.24) is 9.97 Å². The van der Waals surface area contributed by atoms with Crippen molar-refractivity contribution in [2.24, 2.45) is 0 Å². The molecule has 0 saturated heterocycles. The van der Waals surface area contributed by atoms with E-state index in [1.165, 1.54) is 18.1 Å². The van der Waals surface area contributed by atoms with Gasteiger partial charge in [-0.05, 0) is 0 Å². The topological polar surface area (TPSA) is 95.5 Å². The van der Waals surface area contributed by atoms with Crippen LogP contribution in [0, 0.1) is 0 Å². The number of aliphatic carboxylic acids is 1. The standard InChI is InChI=1S/C12H19N3O4/c1-8(2)12-13-9(6-10(16)14-12)15(4-5-19-3)7-11(17)18/h6,8H,4-5,7H2,1-3H3,(H,17,18)(H,13,14,16). The monoisotopic (exact) mass is 269 g/mol. The zero-order valence-electron chi connectivity index (χ0n) is 11.3. The van der Waals surface area contributed by atoms with Gasteiger partial charge >= 0.3 is 5.97 Å². The molecule has 7 heteroatoms. The molecule has 0 fully saturated rings. The van der Waals surface area contributed by atoms with Gasteiger partial charge in [-0.2, -0.15) is 0 Å². The largest absolute Gasteiger partial charge is 0.480 e. The number of H-pyrrole nitrogens is 1. The fourth-order valence-corrected chi connectivity index (χ4v) is 1.54. The van der Waals surface area contributed by atoms with Crippen LogP contribution < -0.4 is 10.5 Å². The quantitative estimate of drug-likeness (QED) is 0.745. The number of carbonyl (C=O) groups is 1. The number of carboxylic acid groups (broad SMARTS) is 1. The van der Waals surface area contributed by atoms with E-state index < -0.39 is 5.97 Å². The Morgan fingerprint density at radius 3 is 2.79 bits per heavy atom. The molecular weight excluding hydrogens is 250 g/mol. The van der Waals surface area contributed by atoms with Gasteiger partial charge in [0.15, 0.2) is 0 Å². The summed E-state index contributed by atoms with van der Waals surface area (Å²) < 4.78 is 4.93. The van der Waals surface area contributed by atoms with Crippen LogP contribution >= 0.6 is 0 Å². The Hall–Kier alpha value is -1.89.